The second-order valence-electron chi connectivity index (χ2n) is 4.88. The predicted octanol–water partition coefficient (Wildman–Crippen LogP) is 2.15. The Balaban J connectivity index is 1.58. The van der Waals surface area contributed by atoms with Crippen LogP contribution in [0.2, 0.25) is 0 Å². The largest absolute Gasteiger partial charge is 0.376 e. The third kappa shape index (κ3) is 3.16. The first-order valence-corrected chi connectivity index (χ1v) is 7.69. The Hall–Kier alpha value is -1.66. The normalized spacial score (nSPS) is 13.8. The molecule has 0 saturated carbocycles. The van der Waals surface area contributed by atoms with Crippen LogP contribution in [-0.2, 0) is 24.3 Å². The van der Waals surface area contributed by atoms with Gasteiger partial charge in [-0.15, -0.1) is 0 Å². The summed E-state index contributed by atoms with van der Waals surface area (Å²) in [5.74, 6) is -0.0770. The molecule has 1 aliphatic heterocycles. The molecule has 2 aromatic rings. The molecule has 3 rings (SSSR count). The van der Waals surface area contributed by atoms with Crippen LogP contribution in [0, 0.1) is 0 Å². The summed E-state index contributed by atoms with van der Waals surface area (Å²) in [6.45, 7) is 2.60. The molecule has 110 valence electrons. The summed E-state index contributed by atoms with van der Waals surface area (Å²) in [6, 6.07) is 7.40. The summed E-state index contributed by atoms with van der Waals surface area (Å²) in [5.41, 5.74) is 3.02. The van der Waals surface area contributed by atoms with Crippen LogP contribution in [0.5, 0.6) is 0 Å². The lowest BCUT2D eigenvalue weighted by Gasteiger charge is -2.15. The molecule has 2 heterocycles. The van der Waals surface area contributed by atoms with E-state index < -0.39 is 0 Å². The molecule has 1 amide bonds. The first-order chi connectivity index (χ1) is 10.3. The highest BCUT2D eigenvalue weighted by atomic mass is 79.9. The molecule has 0 bridgehead atoms. The molecule has 1 aromatic carbocycles. The number of hydrogen-bond donors (Lipinski definition) is 1. The number of carbonyl (C=O) groups excluding carboxylic acids is 1. The minimum absolute atomic E-state index is 0.0770. The van der Waals surface area contributed by atoms with E-state index in [2.05, 4.69) is 26.3 Å². The van der Waals surface area contributed by atoms with Crippen LogP contribution in [0.3, 0.4) is 0 Å². The van der Waals surface area contributed by atoms with Crippen LogP contribution >= 0.6 is 15.9 Å². The fraction of sp³-hybridized carbons (Fsp3) is 0.333. The maximum atomic E-state index is 12.1. The molecule has 6 heteroatoms. The molecule has 0 atom stereocenters. The van der Waals surface area contributed by atoms with E-state index >= 15 is 0 Å². The first kappa shape index (κ1) is 14.3. The Kier molecular flexibility index (Phi) is 4.36. The number of amides is 1. The van der Waals surface area contributed by atoms with E-state index in [4.69, 9.17) is 4.74 Å². The maximum Gasteiger partial charge on any atom is 0.252 e. The molecule has 21 heavy (non-hydrogen) atoms. The number of benzene rings is 1. The summed E-state index contributed by atoms with van der Waals surface area (Å²) >= 11 is 3.38. The van der Waals surface area contributed by atoms with Gasteiger partial charge in [-0.1, -0.05) is 12.1 Å². The number of fused-ring (bicyclic) bond motifs is 1. The Morgan fingerprint density at radius 1 is 1.43 bits per heavy atom. The summed E-state index contributed by atoms with van der Waals surface area (Å²) < 4.78 is 8.15. The van der Waals surface area contributed by atoms with Crippen molar-refractivity contribution in [2.75, 3.05) is 13.2 Å². The topological polar surface area (TPSA) is 56.2 Å². The van der Waals surface area contributed by atoms with Gasteiger partial charge in [0.15, 0.2) is 0 Å². The number of carbonyl (C=O) groups is 1. The lowest BCUT2D eigenvalue weighted by molar-refractivity contribution is 0.0949. The van der Waals surface area contributed by atoms with E-state index in [1.54, 1.807) is 6.07 Å². The molecule has 5 nitrogen and oxygen atoms in total. The van der Waals surface area contributed by atoms with Gasteiger partial charge in [-0.3, -0.25) is 9.48 Å². The Morgan fingerprint density at radius 2 is 2.29 bits per heavy atom. The molecule has 1 aromatic heterocycles. The number of hydrogen-bond acceptors (Lipinski definition) is 3. The van der Waals surface area contributed by atoms with Crippen LogP contribution in [0.25, 0.3) is 0 Å². The van der Waals surface area contributed by atoms with Crippen molar-refractivity contribution < 1.29 is 9.53 Å². The zero-order chi connectivity index (χ0) is 14.7. The molecule has 1 aliphatic rings. The average Bonchev–Trinajstić information content (AvgIpc) is 2.91. The van der Waals surface area contributed by atoms with Crippen molar-refractivity contribution in [2.24, 2.45) is 0 Å². The smallest absolute Gasteiger partial charge is 0.252 e. The van der Waals surface area contributed by atoms with Crippen molar-refractivity contribution in [2.45, 2.75) is 19.6 Å². The molecule has 0 spiro atoms. The van der Waals surface area contributed by atoms with E-state index in [1.165, 1.54) is 5.69 Å². The lowest BCUT2D eigenvalue weighted by Crippen LogP contribution is -2.28. The van der Waals surface area contributed by atoms with E-state index in [-0.39, 0.29) is 5.91 Å². The van der Waals surface area contributed by atoms with Gasteiger partial charge < -0.3 is 10.1 Å². The van der Waals surface area contributed by atoms with Crippen molar-refractivity contribution in [3.05, 3.63) is 51.8 Å². The van der Waals surface area contributed by atoms with Crippen LogP contribution in [0.1, 0.15) is 21.6 Å². The number of nitrogens with one attached hydrogen (secondary N) is 1. The van der Waals surface area contributed by atoms with Gasteiger partial charge in [0.1, 0.15) is 0 Å². The lowest BCUT2D eigenvalue weighted by atomic mass is 10.2. The highest BCUT2D eigenvalue weighted by molar-refractivity contribution is 9.10. The molecule has 0 radical (unpaired) electrons. The number of nitrogens with zero attached hydrogens (tertiary/aromatic N) is 2. The Labute approximate surface area is 131 Å². The van der Waals surface area contributed by atoms with Gasteiger partial charge in [-0.25, -0.2) is 0 Å². The summed E-state index contributed by atoms with van der Waals surface area (Å²) in [4.78, 5) is 12.1. The van der Waals surface area contributed by atoms with Crippen molar-refractivity contribution in [1.29, 1.82) is 0 Å². The maximum absolute atomic E-state index is 12.1. The van der Waals surface area contributed by atoms with Crippen molar-refractivity contribution in [3.8, 4) is 0 Å². The van der Waals surface area contributed by atoms with Crippen molar-refractivity contribution in [1.82, 2.24) is 15.1 Å². The van der Waals surface area contributed by atoms with Crippen molar-refractivity contribution >= 4 is 21.8 Å². The van der Waals surface area contributed by atoms with E-state index in [0.29, 0.717) is 25.3 Å². The molecule has 0 unspecified atom stereocenters. The van der Waals surface area contributed by atoms with Crippen LogP contribution in [-0.4, -0.2) is 28.8 Å². The van der Waals surface area contributed by atoms with Gasteiger partial charge in [0.2, 0.25) is 0 Å². The highest BCUT2D eigenvalue weighted by Crippen LogP contribution is 2.16. The van der Waals surface area contributed by atoms with Gasteiger partial charge in [-0.05, 0) is 28.1 Å². The SMILES string of the molecule is O=C(NCCn1ncc2c1CCOC2)c1ccccc1Br. The summed E-state index contributed by atoms with van der Waals surface area (Å²) in [5, 5.41) is 7.28. The number of aromatic nitrogens is 2. The van der Waals surface area contributed by atoms with Gasteiger partial charge >= 0.3 is 0 Å². The molecule has 0 fully saturated rings. The molecule has 0 aliphatic carbocycles. The molecular formula is C15H16BrN3O2. The van der Waals surface area contributed by atoms with Crippen LogP contribution in [0.4, 0.5) is 0 Å². The summed E-state index contributed by atoms with van der Waals surface area (Å²) in [7, 11) is 0. The standard InChI is InChI=1S/C15H16BrN3O2/c16-13-4-2-1-3-12(13)15(20)17-6-7-19-14-5-8-21-10-11(14)9-18-19/h1-4,9H,5-8,10H2,(H,17,20). The molecular weight excluding hydrogens is 334 g/mol. The minimum atomic E-state index is -0.0770. The fourth-order valence-corrected chi connectivity index (χ4v) is 2.88. The number of halogens is 1. The zero-order valence-corrected chi connectivity index (χ0v) is 13.1. The van der Waals surface area contributed by atoms with E-state index in [9.17, 15) is 4.79 Å². The number of ether oxygens (including phenoxy) is 1. The molecule has 0 saturated heterocycles. The quantitative estimate of drug-likeness (QED) is 0.919. The van der Waals surface area contributed by atoms with Crippen LogP contribution in [0.15, 0.2) is 34.9 Å². The van der Waals surface area contributed by atoms with Gasteiger partial charge in [0.25, 0.3) is 5.91 Å². The third-order valence-corrected chi connectivity index (χ3v) is 4.20. The third-order valence-electron chi connectivity index (χ3n) is 3.50. The predicted molar refractivity (Wildman–Crippen MR) is 82.1 cm³/mol. The van der Waals surface area contributed by atoms with E-state index in [1.807, 2.05) is 29.1 Å². The van der Waals surface area contributed by atoms with Gasteiger partial charge in [-0.2, -0.15) is 5.10 Å². The second-order valence-corrected chi connectivity index (χ2v) is 5.73. The summed E-state index contributed by atoms with van der Waals surface area (Å²) in [6.07, 6.45) is 2.73. The van der Waals surface area contributed by atoms with Gasteiger partial charge in [0, 0.05) is 28.7 Å². The average molecular weight is 350 g/mol. The van der Waals surface area contributed by atoms with Crippen molar-refractivity contribution in [3.63, 3.8) is 0 Å². The van der Waals surface area contributed by atoms with Crippen LogP contribution < -0.4 is 5.32 Å². The van der Waals surface area contributed by atoms with E-state index in [0.717, 1.165) is 23.1 Å². The monoisotopic (exact) mass is 349 g/mol. The highest BCUT2D eigenvalue weighted by Gasteiger charge is 2.15. The first-order valence-electron chi connectivity index (χ1n) is 6.90. The number of rotatable bonds is 4. The van der Waals surface area contributed by atoms with Gasteiger partial charge in [0.05, 0.1) is 31.5 Å². The zero-order valence-electron chi connectivity index (χ0n) is 11.5. The fourth-order valence-electron chi connectivity index (χ4n) is 2.42. The minimum Gasteiger partial charge on any atom is -0.376 e. The molecule has 1 N–H and O–H groups in total. The second kappa shape index (κ2) is 6.41. The Bertz CT molecular complexity index is 654. The Morgan fingerprint density at radius 3 is 3.14 bits per heavy atom.